The molecule has 5 heteroatoms. The first-order chi connectivity index (χ1) is 11.3. The summed E-state index contributed by atoms with van der Waals surface area (Å²) in [5.41, 5.74) is 1.80. The lowest BCUT2D eigenvalue weighted by atomic mass is 10.2. The molecule has 0 bridgehead atoms. The highest BCUT2D eigenvalue weighted by atomic mass is 16.2. The fourth-order valence-electron chi connectivity index (χ4n) is 3.70. The van der Waals surface area contributed by atoms with Gasteiger partial charge in [-0.1, -0.05) is 0 Å². The summed E-state index contributed by atoms with van der Waals surface area (Å²) >= 11 is 0. The summed E-state index contributed by atoms with van der Waals surface area (Å²) in [4.78, 5) is 21.3. The van der Waals surface area contributed by atoms with Crippen molar-refractivity contribution in [2.24, 2.45) is 0 Å². The van der Waals surface area contributed by atoms with Crippen LogP contribution >= 0.6 is 0 Å². The van der Waals surface area contributed by atoms with Crippen LogP contribution in [0.2, 0.25) is 0 Å². The Balaban J connectivity index is 1.43. The lowest BCUT2D eigenvalue weighted by Gasteiger charge is -2.23. The molecular formula is C18H22N4O. The summed E-state index contributed by atoms with van der Waals surface area (Å²) in [7, 11) is 0. The molecule has 0 saturated carbocycles. The van der Waals surface area contributed by atoms with Crippen molar-refractivity contribution in [3.8, 4) is 5.69 Å². The van der Waals surface area contributed by atoms with Gasteiger partial charge in [0.05, 0.1) is 6.33 Å². The number of hydrogen-bond acceptors (Lipinski definition) is 3. The van der Waals surface area contributed by atoms with Gasteiger partial charge in [-0.3, -0.25) is 9.69 Å². The Hall–Kier alpha value is -2.14. The van der Waals surface area contributed by atoms with Gasteiger partial charge in [-0.05, 0) is 56.6 Å². The second-order valence-electron chi connectivity index (χ2n) is 6.45. The number of hydrogen-bond donors (Lipinski definition) is 0. The van der Waals surface area contributed by atoms with Crippen molar-refractivity contribution in [3.05, 3.63) is 48.5 Å². The molecule has 0 aliphatic carbocycles. The number of carbonyl (C=O) groups excluding carboxylic acids is 1. The molecule has 2 saturated heterocycles. The number of rotatable bonds is 3. The molecule has 3 heterocycles. The smallest absolute Gasteiger partial charge is 0.253 e. The van der Waals surface area contributed by atoms with Crippen LogP contribution in [0.5, 0.6) is 0 Å². The molecule has 1 aromatic heterocycles. The van der Waals surface area contributed by atoms with E-state index < -0.39 is 0 Å². The predicted molar refractivity (Wildman–Crippen MR) is 88.7 cm³/mol. The van der Waals surface area contributed by atoms with Gasteiger partial charge in [0.25, 0.3) is 5.91 Å². The first kappa shape index (κ1) is 14.5. The van der Waals surface area contributed by atoms with Crippen LogP contribution in [0, 0.1) is 0 Å². The van der Waals surface area contributed by atoms with Crippen molar-refractivity contribution < 1.29 is 4.79 Å². The maximum atomic E-state index is 12.7. The third kappa shape index (κ3) is 2.88. The Labute approximate surface area is 136 Å². The van der Waals surface area contributed by atoms with Crippen molar-refractivity contribution in [2.45, 2.75) is 25.3 Å². The maximum Gasteiger partial charge on any atom is 0.253 e. The van der Waals surface area contributed by atoms with E-state index in [2.05, 4.69) is 9.88 Å². The van der Waals surface area contributed by atoms with Crippen LogP contribution in [0.3, 0.4) is 0 Å². The van der Waals surface area contributed by atoms with Gasteiger partial charge in [0, 0.05) is 42.8 Å². The van der Waals surface area contributed by atoms with Crippen LogP contribution < -0.4 is 0 Å². The highest BCUT2D eigenvalue weighted by Gasteiger charge is 2.31. The van der Waals surface area contributed by atoms with Crippen molar-refractivity contribution >= 4 is 5.91 Å². The van der Waals surface area contributed by atoms with Crippen LogP contribution in [0.15, 0.2) is 43.0 Å². The first-order valence-corrected chi connectivity index (χ1v) is 8.43. The molecule has 2 aliphatic heterocycles. The number of likely N-dealkylation sites (tertiary alicyclic amines) is 2. The monoisotopic (exact) mass is 310 g/mol. The summed E-state index contributed by atoms with van der Waals surface area (Å²) in [5, 5.41) is 0. The molecule has 4 rings (SSSR count). The van der Waals surface area contributed by atoms with Crippen LogP contribution in [-0.4, -0.2) is 57.5 Å². The van der Waals surface area contributed by atoms with Gasteiger partial charge in [0.1, 0.15) is 0 Å². The van der Waals surface area contributed by atoms with Crippen molar-refractivity contribution in [2.75, 3.05) is 26.2 Å². The zero-order valence-electron chi connectivity index (χ0n) is 13.3. The Morgan fingerprint density at radius 2 is 1.87 bits per heavy atom. The first-order valence-electron chi connectivity index (χ1n) is 8.43. The fraction of sp³-hybridized carbons (Fsp3) is 0.444. The van der Waals surface area contributed by atoms with Gasteiger partial charge in [-0.15, -0.1) is 0 Å². The minimum Gasteiger partial charge on any atom is -0.337 e. The van der Waals surface area contributed by atoms with E-state index in [1.165, 1.54) is 25.9 Å². The Kier molecular flexibility index (Phi) is 3.87. The molecule has 0 radical (unpaired) electrons. The average molecular weight is 310 g/mol. The minimum absolute atomic E-state index is 0.156. The molecule has 23 heavy (non-hydrogen) atoms. The lowest BCUT2D eigenvalue weighted by molar-refractivity contribution is 0.0780. The number of imidazole rings is 1. The Morgan fingerprint density at radius 1 is 1.09 bits per heavy atom. The van der Waals surface area contributed by atoms with Crippen LogP contribution in [0.1, 0.15) is 29.6 Å². The minimum atomic E-state index is 0.156. The van der Waals surface area contributed by atoms with Crippen molar-refractivity contribution in [1.29, 1.82) is 0 Å². The van der Waals surface area contributed by atoms with Crippen molar-refractivity contribution in [3.63, 3.8) is 0 Å². The molecule has 2 aromatic rings. The summed E-state index contributed by atoms with van der Waals surface area (Å²) in [5.74, 6) is 0.156. The Bertz CT molecular complexity index is 659. The molecule has 1 atom stereocenters. The zero-order valence-corrected chi connectivity index (χ0v) is 13.3. The zero-order chi connectivity index (χ0) is 15.6. The van der Waals surface area contributed by atoms with Gasteiger partial charge < -0.3 is 9.47 Å². The molecule has 2 aliphatic rings. The highest BCUT2D eigenvalue weighted by molar-refractivity contribution is 5.94. The lowest BCUT2D eigenvalue weighted by Crippen LogP contribution is -2.37. The van der Waals surface area contributed by atoms with Crippen LogP contribution in [-0.2, 0) is 0 Å². The predicted octanol–water partition coefficient (Wildman–Crippen LogP) is 2.18. The second kappa shape index (κ2) is 6.16. The Morgan fingerprint density at radius 3 is 2.57 bits per heavy atom. The van der Waals surface area contributed by atoms with Crippen molar-refractivity contribution in [1.82, 2.24) is 19.4 Å². The van der Waals surface area contributed by atoms with Gasteiger partial charge in [0.15, 0.2) is 0 Å². The number of benzene rings is 1. The third-order valence-corrected chi connectivity index (χ3v) is 5.02. The molecule has 0 spiro atoms. The fourth-order valence-corrected chi connectivity index (χ4v) is 3.70. The average Bonchev–Trinajstić information content (AvgIpc) is 3.36. The van der Waals surface area contributed by atoms with Crippen LogP contribution in [0.4, 0.5) is 0 Å². The molecular weight excluding hydrogens is 288 g/mol. The van der Waals surface area contributed by atoms with E-state index >= 15 is 0 Å². The summed E-state index contributed by atoms with van der Waals surface area (Å²) in [6, 6.07) is 8.35. The van der Waals surface area contributed by atoms with Crippen LogP contribution in [0.25, 0.3) is 5.69 Å². The molecule has 5 nitrogen and oxygen atoms in total. The molecule has 1 amide bonds. The maximum absolute atomic E-state index is 12.7. The van der Waals surface area contributed by atoms with E-state index in [9.17, 15) is 4.79 Å². The van der Waals surface area contributed by atoms with E-state index in [0.717, 1.165) is 30.8 Å². The SMILES string of the molecule is O=C(c1ccc(-n2ccnc2)cc1)N1CCC(N2CCCC2)C1. The summed E-state index contributed by atoms with van der Waals surface area (Å²) < 4.78 is 1.94. The van der Waals surface area contributed by atoms with E-state index in [1.807, 2.05) is 39.9 Å². The summed E-state index contributed by atoms with van der Waals surface area (Å²) in [6.45, 7) is 4.16. The molecule has 1 unspecified atom stereocenters. The number of amides is 1. The summed E-state index contributed by atoms with van der Waals surface area (Å²) in [6.07, 6.45) is 9.14. The van der Waals surface area contributed by atoms with E-state index in [0.29, 0.717) is 6.04 Å². The van der Waals surface area contributed by atoms with E-state index in [1.54, 1.807) is 12.5 Å². The number of carbonyl (C=O) groups is 1. The highest BCUT2D eigenvalue weighted by Crippen LogP contribution is 2.22. The van der Waals surface area contributed by atoms with E-state index in [-0.39, 0.29) is 5.91 Å². The standard InChI is InChI=1S/C18H22N4O/c23-18(21-11-7-17(13-21)20-9-1-2-10-20)15-3-5-16(6-4-15)22-12-8-19-14-22/h3-6,8,12,14,17H,1-2,7,9-11,13H2. The second-order valence-corrected chi connectivity index (χ2v) is 6.45. The van der Waals surface area contributed by atoms with E-state index in [4.69, 9.17) is 0 Å². The number of aromatic nitrogens is 2. The van der Waals surface area contributed by atoms with Gasteiger partial charge in [-0.2, -0.15) is 0 Å². The number of nitrogens with zero attached hydrogens (tertiary/aromatic N) is 4. The molecule has 120 valence electrons. The normalized spacial score (nSPS) is 21.9. The molecule has 0 N–H and O–H groups in total. The molecule has 2 fully saturated rings. The van der Waals surface area contributed by atoms with Gasteiger partial charge >= 0.3 is 0 Å². The van der Waals surface area contributed by atoms with Gasteiger partial charge in [0.2, 0.25) is 0 Å². The third-order valence-electron chi connectivity index (χ3n) is 5.02. The largest absolute Gasteiger partial charge is 0.337 e. The topological polar surface area (TPSA) is 41.4 Å². The quantitative estimate of drug-likeness (QED) is 0.872. The van der Waals surface area contributed by atoms with Gasteiger partial charge in [-0.25, -0.2) is 4.98 Å². The molecule has 1 aromatic carbocycles.